The molecule has 19 heavy (non-hydrogen) atoms. The summed E-state index contributed by atoms with van der Waals surface area (Å²) in [6.45, 7) is 0.353. The molecular weight excluding hydrogens is 264 g/mol. The van der Waals surface area contributed by atoms with Crippen molar-refractivity contribution in [3.8, 4) is 12.3 Å². The first kappa shape index (κ1) is 13.6. The van der Waals surface area contributed by atoms with Crippen LogP contribution in [0.4, 0.5) is 5.69 Å². The van der Waals surface area contributed by atoms with E-state index in [0.717, 1.165) is 0 Å². The van der Waals surface area contributed by atoms with Gasteiger partial charge in [0.1, 0.15) is 4.90 Å². The number of rotatable bonds is 3. The molecule has 0 radical (unpaired) electrons. The number of hydrogen-bond donors (Lipinski definition) is 1. The fraction of sp³-hybridized carbons (Fsp3) is 0.308. The summed E-state index contributed by atoms with van der Waals surface area (Å²) in [7, 11) is -2.27. The molecule has 0 bridgehead atoms. The Labute approximate surface area is 112 Å². The summed E-state index contributed by atoms with van der Waals surface area (Å²) in [5, 5.41) is 0. The molecule has 1 heterocycles. The third-order valence-corrected chi connectivity index (χ3v) is 4.54. The maximum Gasteiger partial charge on any atom is 0.242 e. The lowest BCUT2D eigenvalue weighted by molar-refractivity contribution is -0.117. The second kappa shape index (κ2) is 5.03. The van der Waals surface area contributed by atoms with Crippen LogP contribution < -0.4 is 9.62 Å². The average Bonchev–Trinajstić information content (AvgIpc) is 2.80. The van der Waals surface area contributed by atoms with E-state index in [0.29, 0.717) is 12.2 Å². The Bertz CT molecular complexity index is 646. The summed E-state index contributed by atoms with van der Waals surface area (Å²) in [6.07, 6.45) is 5.58. The van der Waals surface area contributed by atoms with Crippen LogP contribution in [0.5, 0.6) is 0 Å². The van der Waals surface area contributed by atoms with Crippen molar-refractivity contribution in [1.82, 2.24) is 4.72 Å². The molecule has 100 valence electrons. The van der Waals surface area contributed by atoms with E-state index in [1.807, 2.05) is 0 Å². The summed E-state index contributed by atoms with van der Waals surface area (Å²) < 4.78 is 26.1. The third kappa shape index (κ3) is 2.48. The van der Waals surface area contributed by atoms with E-state index in [2.05, 4.69) is 10.6 Å². The number of para-hydroxylation sites is 1. The number of carbonyl (C=O) groups is 1. The van der Waals surface area contributed by atoms with Crippen molar-refractivity contribution >= 4 is 21.6 Å². The number of sulfonamides is 1. The monoisotopic (exact) mass is 278 g/mol. The van der Waals surface area contributed by atoms with Gasteiger partial charge < -0.3 is 4.90 Å². The fourth-order valence-corrected chi connectivity index (χ4v) is 3.00. The van der Waals surface area contributed by atoms with E-state index in [1.54, 1.807) is 18.2 Å². The molecule has 1 fully saturated rings. The largest absolute Gasteiger partial charge is 0.310 e. The minimum atomic E-state index is -3.61. The van der Waals surface area contributed by atoms with Crippen LogP contribution in [0, 0.1) is 18.3 Å². The number of carbonyl (C=O) groups excluding carboxylic acids is 1. The predicted octanol–water partition coefficient (Wildman–Crippen LogP) is 0.581. The van der Waals surface area contributed by atoms with Crippen molar-refractivity contribution in [2.45, 2.75) is 11.3 Å². The molecule has 1 aliphatic heterocycles. The molecule has 1 aromatic rings. The van der Waals surface area contributed by atoms with Gasteiger partial charge in [-0.1, -0.05) is 12.1 Å². The lowest BCUT2D eigenvalue weighted by Crippen LogP contribution is -2.28. The molecule has 5 nitrogen and oxygen atoms in total. The first-order valence-corrected chi connectivity index (χ1v) is 7.27. The summed E-state index contributed by atoms with van der Waals surface area (Å²) in [5.41, 5.74) is 0.375. The molecule has 0 aliphatic carbocycles. The Kier molecular flexibility index (Phi) is 3.60. The van der Waals surface area contributed by atoms with E-state index in [-0.39, 0.29) is 23.1 Å². The highest BCUT2D eigenvalue weighted by Crippen LogP contribution is 2.30. The molecule has 1 N–H and O–H groups in total. The van der Waals surface area contributed by atoms with E-state index in [4.69, 9.17) is 6.42 Å². The molecule has 0 saturated carbocycles. The number of terminal acetylenes is 1. The van der Waals surface area contributed by atoms with Crippen LogP contribution in [0.15, 0.2) is 29.2 Å². The van der Waals surface area contributed by atoms with Gasteiger partial charge in [0.2, 0.25) is 15.9 Å². The van der Waals surface area contributed by atoms with Crippen LogP contribution >= 0.6 is 0 Å². The van der Waals surface area contributed by atoms with Crippen LogP contribution in [0.25, 0.3) is 0 Å². The molecule has 1 saturated heterocycles. The van der Waals surface area contributed by atoms with Gasteiger partial charge in [-0.2, -0.15) is 0 Å². The quantitative estimate of drug-likeness (QED) is 0.823. The Hall–Kier alpha value is -1.84. The second-order valence-corrected chi connectivity index (χ2v) is 6.10. The highest BCUT2D eigenvalue weighted by molar-refractivity contribution is 7.89. The van der Waals surface area contributed by atoms with Crippen molar-refractivity contribution in [2.75, 3.05) is 18.5 Å². The first-order chi connectivity index (χ1) is 8.99. The van der Waals surface area contributed by atoms with Gasteiger partial charge in [0.25, 0.3) is 0 Å². The molecule has 0 spiro atoms. The van der Waals surface area contributed by atoms with Crippen LogP contribution in [0.3, 0.4) is 0 Å². The molecule has 1 aliphatic rings. The Morgan fingerprint density at radius 3 is 2.68 bits per heavy atom. The van der Waals surface area contributed by atoms with Crippen LogP contribution in [0.1, 0.15) is 6.42 Å². The number of hydrogen-bond acceptors (Lipinski definition) is 3. The zero-order valence-electron chi connectivity index (χ0n) is 10.5. The maximum absolute atomic E-state index is 11.9. The van der Waals surface area contributed by atoms with Gasteiger partial charge in [0.15, 0.2) is 0 Å². The van der Waals surface area contributed by atoms with Gasteiger partial charge in [0.05, 0.1) is 5.69 Å². The number of nitrogens with one attached hydrogen (secondary N) is 1. The first-order valence-electron chi connectivity index (χ1n) is 5.78. The van der Waals surface area contributed by atoms with Gasteiger partial charge in [-0.15, -0.1) is 12.3 Å². The van der Waals surface area contributed by atoms with Crippen molar-refractivity contribution in [3.05, 3.63) is 24.3 Å². The smallest absolute Gasteiger partial charge is 0.242 e. The lowest BCUT2D eigenvalue weighted by Gasteiger charge is -2.19. The number of nitrogens with zero attached hydrogens (tertiary/aromatic N) is 1. The van der Waals surface area contributed by atoms with Gasteiger partial charge in [-0.05, 0) is 19.2 Å². The minimum absolute atomic E-state index is 0.0866. The predicted molar refractivity (Wildman–Crippen MR) is 72.0 cm³/mol. The standard InChI is InChI=1S/C13H14N2O3S/c1-3-10-8-13(16)15(9-10)11-6-4-5-7-12(11)19(17,18)14-2/h1,4-7,10,14H,8-9H2,2H3. The number of anilines is 1. The van der Waals surface area contributed by atoms with E-state index >= 15 is 0 Å². The SMILES string of the molecule is C#CC1CC(=O)N(c2ccccc2S(=O)(=O)NC)C1. The van der Waals surface area contributed by atoms with Crippen LogP contribution in [-0.4, -0.2) is 27.9 Å². The van der Waals surface area contributed by atoms with Crippen molar-refractivity contribution < 1.29 is 13.2 Å². The van der Waals surface area contributed by atoms with Crippen molar-refractivity contribution in [1.29, 1.82) is 0 Å². The second-order valence-electron chi connectivity index (χ2n) is 4.25. The third-order valence-electron chi connectivity index (χ3n) is 3.08. The summed E-state index contributed by atoms with van der Waals surface area (Å²) in [6, 6.07) is 6.39. The van der Waals surface area contributed by atoms with Crippen molar-refractivity contribution in [2.24, 2.45) is 5.92 Å². The van der Waals surface area contributed by atoms with Gasteiger partial charge in [-0.25, -0.2) is 13.1 Å². The van der Waals surface area contributed by atoms with E-state index in [1.165, 1.54) is 18.0 Å². The van der Waals surface area contributed by atoms with Gasteiger partial charge in [0, 0.05) is 18.9 Å². The average molecular weight is 278 g/mol. The summed E-state index contributed by atoms with van der Waals surface area (Å²) in [4.78, 5) is 13.5. The molecule has 6 heteroatoms. The fourth-order valence-electron chi connectivity index (χ4n) is 2.07. The molecule has 1 amide bonds. The number of benzene rings is 1. The minimum Gasteiger partial charge on any atom is -0.310 e. The normalized spacial score (nSPS) is 19.5. The van der Waals surface area contributed by atoms with Crippen LogP contribution in [0.2, 0.25) is 0 Å². The maximum atomic E-state index is 11.9. The molecule has 1 atom stereocenters. The van der Waals surface area contributed by atoms with Gasteiger partial charge >= 0.3 is 0 Å². The van der Waals surface area contributed by atoms with E-state index < -0.39 is 10.0 Å². The summed E-state index contributed by atoms with van der Waals surface area (Å²) >= 11 is 0. The molecule has 2 rings (SSSR count). The Morgan fingerprint density at radius 1 is 1.42 bits per heavy atom. The van der Waals surface area contributed by atoms with Crippen LogP contribution in [-0.2, 0) is 14.8 Å². The number of amides is 1. The highest BCUT2D eigenvalue weighted by Gasteiger charge is 2.32. The molecular formula is C13H14N2O3S. The summed E-state index contributed by atoms with van der Waals surface area (Å²) in [5.74, 6) is 2.22. The highest BCUT2D eigenvalue weighted by atomic mass is 32.2. The van der Waals surface area contributed by atoms with Crippen molar-refractivity contribution in [3.63, 3.8) is 0 Å². The molecule has 1 unspecified atom stereocenters. The zero-order chi connectivity index (χ0) is 14.0. The Balaban J connectivity index is 2.48. The lowest BCUT2D eigenvalue weighted by atomic mass is 10.1. The van der Waals surface area contributed by atoms with E-state index in [9.17, 15) is 13.2 Å². The molecule has 0 aromatic heterocycles. The van der Waals surface area contributed by atoms with Gasteiger partial charge in [-0.3, -0.25) is 4.79 Å². The molecule has 1 aromatic carbocycles. The topological polar surface area (TPSA) is 66.5 Å². The Morgan fingerprint density at radius 2 is 2.11 bits per heavy atom. The zero-order valence-corrected chi connectivity index (χ0v) is 11.3.